The zero-order valence-electron chi connectivity index (χ0n) is 11.0. The molecule has 0 saturated carbocycles. The molecule has 0 bridgehead atoms. The van der Waals surface area contributed by atoms with Gasteiger partial charge in [0.25, 0.3) is 0 Å². The van der Waals surface area contributed by atoms with Crippen LogP contribution in [0.4, 0.5) is 0 Å². The fourth-order valence-electron chi connectivity index (χ4n) is 1.83. The van der Waals surface area contributed by atoms with E-state index in [2.05, 4.69) is 4.99 Å². The van der Waals surface area contributed by atoms with Crippen LogP contribution in [0.2, 0.25) is 0 Å². The molecular formula is C11H19N5O4. The van der Waals surface area contributed by atoms with Crippen LogP contribution in [0.3, 0.4) is 0 Å². The van der Waals surface area contributed by atoms with Crippen molar-refractivity contribution < 1.29 is 19.5 Å². The molecule has 2 unspecified atom stereocenters. The van der Waals surface area contributed by atoms with Gasteiger partial charge in [-0.05, 0) is 12.8 Å². The van der Waals surface area contributed by atoms with Gasteiger partial charge in [-0.2, -0.15) is 0 Å². The fourth-order valence-corrected chi connectivity index (χ4v) is 1.83. The number of aliphatic imine (C=N–C) groups is 1. The Morgan fingerprint density at radius 1 is 1.45 bits per heavy atom. The number of rotatable bonds is 6. The fraction of sp³-hybridized carbons (Fsp3) is 0.636. The van der Waals surface area contributed by atoms with Crippen molar-refractivity contribution in [2.24, 2.45) is 28.1 Å². The maximum atomic E-state index is 11.6. The second kappa shape index (κ2) is 6.85. The number of hydrogen-bond donors (Lipinski definition) is 4. The lowest BCUT2D eigenvalue weighted by Gasteiger charge is -2.14. The number of carbonyl (C=O) groups excluding carboxylic acids is 2. The molecule has 1 saturated heterocycles. The zero-order chi connectivity index (χ0) is 15.3. The van der Waals surface area contributed by atoms with Crippen LogP contribution in [0, 0.1) is 5.92 Å². The second-order valence-electron chi connectivity index (χ2n) is 4.63. The van der Waals surface area contributed by atoms with Crippen LogP contribution in [0.5, 0.6) is 0 Å². The van der Waals surface area contributed by atoms with Gasteiger partial charge >= 0.3 is 5.97 Å². The van der Waals surface area contributed by atoms with Crippen LogP contribution in [-0.4, -0.2) is 52.9 Å². The van der Waals surface area contributed by atoms with E-state index in [-0.39, 0.29) is 37.8 Å². The van der Waals surface area contributed by atoms with E-state index in [1.807, 2.05) is 0 Å². The molecule has 1 rings (SSSR count). The number of amides is 2. The highest BCUT2D eigenvalue weighted by Gasteiger charge is 2.34. The second-order valence-corrected chi connectivity index (χ2v) is 4.63. The van der Waals surface area contributed by atoms with Gasteiger partial charge in [-0.25, -0.2) is 0 Å². The molecule has 1 heterocycles. The molecule has 0 aromatic heterocycles. The molecule has 0 spiro atoms. The Morgan fingerprint density at radius 3 is 2.60 bits per heavy atom. The lowest BCUT2D eigenvalue weighted by molar-refractivity contribution is -0.138. The minimum Gasteiger partial charge on any atom is -0.480 e. The van der Waals surface area contributed by atoms with Crippen LogP contribution >= 0.6 is 0 Å². The van der Waals surface area contributed by atoms with Crippen LogP contribution in [0.25, 0.3) is 0 Å². The van der Waals surface area contributed by atoms with Gasteiger partial charge in [0.05, 0.1) is 5.92 Å². The minimum absolute atomic E-state index is 0.0163. The average Bonchev–Trinajstić information content (AvgIpc) is 2.76. The Hall–Kier alpha value is -2.16. The lowest BCUT2D eigenvalue weighted by atomic mass is 10.1. The third kappa shape index (κ3) is 4.19. The minimum atomic E-state index is -1.07. The van der Waals surface area contributed by atoms with Gasteiger partial charge in [-0.1, -0.05) is 0 Å². The van der Waals surface area contributed by atoms with Gasteiger partial charge in [0, 0.05) is 19.5 Å². The molecule has 0 aromatic rings. The first kappa shape index (κ1) is 15.9. The van der Waals surface area contributed by atoms with E-state index in [1.54, 1.807) is 0 Å². The molecule has 2 amide bonds. The first-order chi connectivity index (χ1) is 9.32. The van der Waals surface area contributed by atoms with E-state index in [0.717, 1.165) is 0 Å². The van der Waals surface area contributed by atoms with E-state index >= 15 is 0 Å². The third-order valence-electron chi connectivity index (χ3n) is 3.07. The summed E-state index contributed by atoms with van der Waals surface area (Å²) >= 11 is 0. The summed E-state index contributed by atoms with van der Waals surface area (Å²) in [5.41, 5.74) is 16.1. The van der Waals surface area contributed by atoms with Gasteiger partial charge in [0.15, 0.2) is 5.96 Å². The summed E-state index contributed by atoms with van der Waals surface area (Å²) in [5, 5.41) is 8.60. The van der Waals surface area contributed by atoms with E-state index in [0.29, 0.717) is 6.42 Å². The predicted molar refractivity (Wildman–Crippen MR) is 70.3 cm³/mol. The number of nitrogens with two attached hydrogens (primary N) is 3. The molecular weight excluding hydrogens is 266 g/mol. The van der Waals surface area contributed by atoms with Crippen molar-refractivity contribution in [3.63, 3.8) is 0 Å². The maximum absolute atomic E-state index is 11.6. The normalized spacial score (nSPS) is 21.1. The summed E-state index contributed by atoms with van der Waals surface area (Å²) in [4.78, 5) is 38.3. The number of hydrogen-bond acceptors (Lipinski definition) is 5. The number of carboxylic acid groups (broad SMARTS) is 1. The Labute approximate surface area is 115 Å². The summed E-state index contributed by atoms with van der Waals surface area (Å²) in [6.07, 6.45) is 0.745. The highest BCUT2D eigenvalue weighted by atomic mass is 16.4. The molecule has 1 aliphatic rings. The largest absolute Gasteiger partial charge is 0.480 e. The van der Waals surface area contributed by atoms with E-state index < -0.39 is 23.8 Å². The van der Waals surface area contributed by atoms with Crippen molar-refractivity contribution >= 4 is 23.7 Å². The Bertz CT molecular complexity index is 437. The number of carbonyl (C=O) groups is 3. The SMILES string of the molecule is NC(=O)C1CC(=O)N(C(N)=NCCCC(N)C(=O)O)C1. The standard InChI is InChI=1S/C11H19N5O4/c12-7(10(19)20)2-1-3-15-11(14)16-5-6(9(13)18)4-8(16)17/h6-7H,1-5,12H2,(H2,13,18)(H2,14,15)(H,19,20). The zero-order valence-corrected chi connectivity index (χ0v) is 11.0. The van der Waals surface area contributed by atoms with Gasteiger partial charge in [0.1, 0.15) is 6.04 Å². The first-order valence-corrected chi connectivity index (χ1v) is 6.21. The summed E-state index contributed by atoms with van der Waals surface area (Å²) in [5.74, 6) is -2.43. The predicted octanol–water partition coefficient (Wildman–Crippen LogP) is -2.17. The highest BCUT2D eigenvalue weighted by Crippen LogP contribution is 2.16. The number of carboxylic acids is 1. The molecule has 1 aliphatic heterocycles. The molecule has 20 heavy (non-hydrogen) atoms. The maximum Gasteiger partial charge on any atom is 0.320 e. The van der Waals surface area contributed by atoms with Crippen molar-refractivity contribution in [1.82, 2.24) is 4.90 Å². The third-order valence-corrected chi connectivity index (χ3v) is 3.07. The van der Waals surface area contributed by atoms with Crippen molar-refractivity contribution in [3.05, 3.63) is 0 Å². The van der Waals surface area contributed by atoms with Crippen LogP contribution in [0.1, 0.15) is 19.3 Å². The number of nitrogens with zero attached hydrogens (tertiary/aromatic N) is 2. The molecule has 2 atom stereocenters. The van der Waals surface area contributed by atoms with Gasteiger partial charge in [-0.3, -0.25) is 24.3 Å². The number of likely N-dealkylation sites (tertiary alicyclic amines) is 1. The van der Waals surface area contributed by atoms with E-state index in [4.69, 9.17) is 22.3 Å². The average molecular weight is 285 g/mol. The van der Waals surface area contributed by atoms with Gasteiger partial charge in [-0.15, -0.1) is 0 Å². The Morgan fingerprint density at radius 2 is 2.10 bits per heavy atom. The molecule has 9 heteroatoms. The summed E-state index contributed by atoms with van der Waals surface area (Å²) in [6.45, 7) is 0.399. The lowest BCUT2D eigenvalue weighted by Crippen LogP contribution is -2.39. The molecule has 1 fully saturated rings. The molecule has 0 radical (unpaired) electrons. The van der Waals surface area contributed by atoms with Crippen molar-refractivity contribution in [1.29, 1.82) is 0 Å². The van der Waals surface area contributed by atoms with Crippen molar-refractivity contribution in [3.8, 4) is 0 Å². The number of primary amides is 1. The Balaban J connectivity index is 2.43. The quantitative estimate of drug-likeness (QED) is 0.246. The van der Waals surface area contributed by atoms with Crippen molar-refractivity contribution in [2.45, 2.75) is 25.3 Å². The number of aliphatic carboxylic acids is 1. The molecule has 112 valence electrons. The molecule has 0 aromatic carbocycles. The number of guanidine groups is 1. The van der Waals surface area contributed by atoms with Crippen molar-refractivity contribution in [2.75, 3.05) is 13.1 Å². The van der Waals surface area contributed by atoms with Gasteiger partial charge in [0.2, 0.25) is 11.8 Å². The van der Waals surface area contributed by atoms with Gasteiger partial charge < -0.3 is 22.3 Å². The molecule has 9 nitrogen and oxygen atoms in total. The van der Waals surface area contributed by atoms with Crippen LogP contribution < -0.4 is 17.2 Å². The summed E-state index contributed by atoms with van der Waals surface area (Å²) < 4.78 is 0. The van der Waals surface area contributed by atoms with E-state index in [9.17, 15) is 14.4 Å². The van der Waals surface area contributed by atoms with Crippen LogP contribution in [-0.2, 0) is 14.4 Å². The monoisotopic (exact) mass is 285 g/mol. The molecule has 0 aliphatic carbocycles. The first-order valence-electron chi connectivity index (χ1n) is 6.21. The Kier molecular flexibility index (Phi) is 5.44. The smallest absolute Gasteiger partial charge is 0.320 e. The van der Waals surface area contributed by atoms with Crippen LogP contribution in [0.15, 0.2) is 4.99 Å². The summed E-state index contributed by atoms with van der Waals surface area (Å²) in [6, 6.07) is -0.931. The topological polar surface area (TPSA) is 165 Å². The highest BCUT2D eigenvalue weighted by molar-refractivity contribution is 6.00. The molecule has 7 N–H and O–H groups in total. The van der Waals surface area contributed by atoms with E-state index in [1.165, 1.54) is 4.90 Å². The summed E-state index contributed by atoms with van der Waals surface area (Å²) in [7, 11) is 0.